The van der Waals surface area contributed by atoms with Crippen molar-refractivity contribution in [3.63, 3.8) is 0 Å². The predicted molar refractivity (Wildman–Crippen MR) is 93.1 cm³/mol. The molecule has 130 valence electrons. The Morgan fingerprint density at radius 2 is 1.64 bits per heavy atom. The molecule has 0 radical (unpaired) electrons. The highest BCUT2D eigenvalue weighted by Gasteiger charge is 2.20. The van der Waals surface area contributed by atoms with Crippen LogP contribution in [-0.2, 0) is 14.4 Å². The lowest BCUT2D eigenvalue weighted by Crippen LogP contribution is -2.42. The molecule has 0 aromatic heterocycles. The molecule has 0 atom stereocenters. The monoisotopic (exact) mass is 341 g/mol. The van der Waals surface area contributed by atoms with Crippen LogP contribution in [0.5, 0.6) is 5.75 Å². The number of phenols is 1. The van der Waals surface area contributed by atoms with Gasteiger partial charge in [0.05, 0.1) is 6.54 Å². The summed E-state index contributed by atoms with van der Waals surface area (Å²) in [6.45, 7) is 1.20. The van der Waals surface area contributed by atoms with Crippen LogP contribution in [0.25, 0.3) is 10.8 Å². The van der Waals surface area contributed by atoms with Crippen molar-refractivity contribution in [2.75, 3.05) is 25.0 Å². The van der Waals surface area contributed by atoms with E-state index < -0.39 is 11.8 Å². The Hall–Kier alpha value is -3.09. The van der Waals surface area contributed by atoms with Gasteiger partial charge in [0.2, 0.25) is 5.91 Å². The largest absolute Gasteiger partial charge is 0.507 e. The normalized spacial score (nSPS) is 13.7. The highest BCUT2D eigenvalue weighted by molar-refractivity contribution is 6.40. The van der Waals surface area contributed by atoms with E-state index in [0.29, 0.717) is 29.5 Å². The van der Waals surface area contributed by atoms with E-state index in [0.717, 1.165) is 12.8 Å². The van der Waals surface area contributed by atoms with Gasteiger partial charge in [-0.25, -0.2) is 0 Å². The highest BCUT2D eigenvalue weighted by atomic mass is 16.3. The van der Waals surface area contributed by atoms with Gasteiger partial charge in [0, 0.05) is 29.5 Å². The second-order valence-corrected chi connectivity index (χ2v) is 5.90. The first-order chi connectivity index (χ1) is 12.1. The summed E-state index contributed by atoms with van der Waals surface area (Å²) in [5.41, 5.74) is 0.416. The zero-order chi connectivity index (χ0) is 17.8. The smallest absolute Gasteiger partial charge is 0.313 e. The second-order valence-electron chi connectivity index (χ2n) is 5.90. The number of amides is 3. The van der Waals surface area contributed by atoms with Gasteiger partial charge < -0.3 is 20.6 Å². The van der Waals surface area contributed by atoms with E-state index in [2.05, 4.69) is 10.6 Å². The summed E-state index contributed by atoms with van der Waals surface area (Å²) in [5.74, 6) is -1.82. The fourth-order valence-corrected chi connectivity index (χ4v) is 2.90. The van der Waals surface area contributed by atoms with Gasteiger partial charge in [-0.15, -0.1) is 0 Å². The number of carbonyl (C=O) groups excluding carboxylic acids is 3. The number of likely N-dealkylation sites (tertiary alicyclic amines) is 1. The number of nitrogens with one attached hydrogen (secondary N) is 2. The molecular weight excluding hydrogens is 322 g/mol. The summed E-state index contributed by atoms with van der Waals surface area (Å²) in [6.07, 6.45) is 1.93. The lowest BCUT2D eigenvalue weighted by atomic mass is 10.1. The predicted octanol–water partition coefficient (Wildman–Crippen LogP) is 1.22. The summed E-state index contributed by atoms with van der Waals surface area (Å²) < 4.78 is 0. The Bertz CT molecular complexity index is 828. The van der Waals surface area contributed by atoms with Gasteiger partial charge in [-0.1, -0.05) is 24.3 Å². The zero-order valence-corrected chi connectivity index (χ0v) is 13.6. The minimum atomic E-state index is -0.871. The minimum absolute atomic E-state index is 0.0919. The first-order valence-electron chi connectivity index (χ1n) is 8.14. The van der Waals surface area contributed by atoms with Gasteiger partial charge >= 0.3 is 11.8 Å². The molecule has 0 bridgehead atoms. The molecule has 25 heavy (non-hydrogen) atoms. The SMILES string of the molecule is O=C(NCC(=O)N1CCCC1)C(=O)Nc1cccc2c(O)cccc12. The minimum Gasteiger partial charge on any atom is -0.507 e. The maximum absolute atomic E-state index is 12.1. The van der Waals surface area contributed by atoms with Gasteiger partial charge in [0.15, 0.2) is 0 Å². The molecule has 1 heterocycles. The maximum Gasteiger partial charge on any atom is 0.313 e. The molecule has 7 nitrogen and oxygen atoms in total. The van der Waals surface area contributed by atoms with Crippen LogP contribution in [0.4, 0.5) is 5.69 Å². The van der Waals surface area contributed by atoms with Gasteiger partial charge in [-0.3, -0.25) is 14.4 Å². The summed E-state index contributed by atoms with van der Waals surface area (Å²) in [6, 6.07) is 9.97. The van der Waals surface area contributed by atoms with Crippen LogP contribution in [0.1, 0.15) is 12.8 Å². The molecule has 1 aliphatic rings. The molecule has 0 saturated carbocycles. The second kappa shape index (κ2) is 7.21. The third-order valence-corrected chi connectivity index (χ3v) is 4.21. The number of nitrogens with zero attached hydrogens (tertiary/aromatic N) is 1. The first-order valence-corrected chi connectivity index (χ1v) is 8.14. The van der Waals surface area contributed by atoms with Crippen LogP contribution < -0.4 is 10.6 Å². The van der Waals surface area contributed by atoms with Crippen molar-refractivity contribution in [3.8, 4) is 5.75 Å². The van der Waals surface area contributed by atoms with Crippen LogP contribution >= 0.6 is 0 Å². The van der Waals surface area contributed by atoms with Crippen LogP contribution in [0.2, 0.25) is 0 Å². The third kappa shape index (κ3) is 3.71. The van der Waals surface area contributed by atoms with E-state index in [4.69, 9.17) is 0 Å². The third-order valence-electron chi connectivity index (χ3n) is 4.21. The molecule has 7 heteroatoms. The van der Waals surface area contributed by atoms with Crippen molar-refractivity contribution >= 4 is 34.2 Å². The van der Waals surface area contributed by atoms with Crippen molar-refractivity contribution in [3.05, 3.63) is 36.4 Å². The van der Waals surface area contributed by atoms with Crippen molar-refractivity contribution in [2.24, 2.45) is 0 Å². The Morgan fingerprint density at radius 3 is 2.40 bits per heavy atom. The van der Waals surface area contributed by atoms with E-state index in [1.54, 1.807) is 41.3 Å². The summed E-state index contributed by atoms with van der Waals surface area (Å²) in [5, 5.41) is 15.9. The summed E-state index contributed by atoms with van der Waals surface area (Å²) in [7, 11) is 0. The van der Waals surface area contributed by atoms with E-state index >= 15 is 0 Å². The molecule has 3 rings (SSSR count). The lowest BCUT2D eigenvalue weighted by Gasteiger charge is -2.15. The fraction of sp³-hybridized carbons (Fsp3) is 0.278. The van der Waals surface area contributed by atoms with E-state index in [9.17, 15) is 19.5 Å². The molecular formula is C18H19N3O4. The summed E-state index contributed by atoms with van der Waals surface area (Å²) >= 11 is 0. The zero-order valence-electron chi connectivity index (χ0n) is 13.6. The Kier molecular flexibility index (Phi) is 4.83. The van der Waals surface area contributed by atoms with E-state index in [1.165, 1.54) is 0 Å². The van der Waals surface area contributed by atoms with E-state index in [-0.39, 0.29) is 18.2 Å². The van der Waals surface area contributed by atoms with Gasteiger partial charge in [-0.2, -0.15) is 0 Å². The molecule has 0 aliphatic carbocycles. The Balaban J connectivity index is 1.63. The highest BCUT2D eigenvalue weighted by Crippen LogP contribution is 2.29. The number of fused-ring (bicyclic) bond motifs is 1. The Labute approximate surface area is 144 Å². The molecule has 2 aromatic rings. The molecule has 0 spiro atoms. The van der Waals surface area contributed by atoms with Crippen LogP contribution in [0.3, 0.4) is 0 Å². The molecule has 1 aliphatic heterocycles. The van der Waals surface area contributed by atoms with Crippen molar-refractivity contribution in [2.45, 2.75) is 12.8 Å². The van der Waals surface area contributed by atoms with Crippen molar-refractivity contribution < 1.29 is 19.5 Å². The first kappa shape index (κ1) is 16.8. The number of phenolic OH excluding ortho intramolecular Hbond substituents is 1. The topological polar surface area (TPSA) is 98.7 Å². The quantitative estimate of drug-likeness (QED) is 0.731. The number of carbonyl (C=O) groups is 3. The number of rotatable bonds is 3. The van der Waals surface area contributed by atoms with Crippen molar-refractivity contribution in [1.82, 2.24) is 10.2 Å². The van der Waals surface area contributed by atoms with Crippen LogP contribution in [0.15, 0.2) is 36.4 Å². The van der Waals surface area contributed by atoms with Gasteiger partial charge in [-0.05, 0) is 25.0 Å². The molecule has 0 unspecified atom stereocenters. The average Bonchev–Trinajstić information content (AvgIpc) is 3.15. The summed E-state index contributed by atoms with van der Waals surface area (Å²) in [4.78, 5) is 37.6. The molecule has 2 aromatic carbocycles. The number of hydrogen-bond acceptors (Lipinski definition) is 4. The average molecular weight is 341 g/mol. The number of hydrogen-bond donors (Lipinski definition) is 3. The molecule has 3 N–H and O–H groups in total. The van der Waals surface area contributed by atoms with Gasteiger partial charge in [0.1, 0.15) is 5.75 Å². The maximum atomic E-state index is 12.1. The van der Waals surface area contributed by atoms with Crippen LogP contribution in [-0.4, -0.2) is 47.4 Å². The lowest BCUT2D eigenvalue weighted by molar-refractivity contribution is -0.138. The van der Waals surface area contributed by atoms with Crippen LogP contribution in [0, 0.1) is 0 Å². The molecule has 3 amide bonds. The standard InChI is InChI=1S/C18H19N3O4/c22-15-8-4-5-12-13(15)6-3-7-14(12)20-18(25)17(24)19-11-16(23)21-9-1-2-10-21/h3-8,22H,1-2,9-11H2,(H,19,24)(H,20,25). The number of aromatic hydroxyl groups is 1. The Morgan fingerprint density at radius 1 is 0.960 bits per heavy atom. The number of anilines is 1. The van der Waals surface area contributed by atoms with E-state index in [1.807, 2.05) is 0 Å². The van der Waals surface area contributed by atoms with Crippen molar-refractivity contribution in [1.29, 1.82) is 0 Å². The van der Waals surface area contributed by atoms with Gasteiger partial charge in [0.25, 0.3) is 0 Å². The fourth-order valence-electron chi connectivity index (χ4n) is 2.90. The molecule has 1 fully saturated rings. The molecule has 1 saturated heterocycles. The number of benzene rings is 2.